The van der Waals surface area contributed by atoms with Gasteiger partial charge >= 0.3 is 0 Å². The van der Waals surface area contributed by atoms with Gasteiger partial charge < -0.3 is 9.88 Å². The number of nitrogens with one attached hydrogen (secondary N) is 1. The molecule has 4 nitrogen and oxygen atoms in total. The zero-order chi connectivity index (χ0) is 16.4. The van der Waals surface area contributed by atoms with Crippen LogP contribution in [-0.4, -0.2) is 24.1 Å². The number of H-pyrrole nitrogens is 1. The number of aromatic amines is 1. The van der Waals surface area contributed by atoms with E-state index in [1.165, 1.54) is 0 Å². The van der Waals surface area contributed by atoms with E-state index in [-0.39, 0.29) is 0 Å². The van der Waals surface area contributed by atoms with E-state index in [0.29, 0.717) is 5.57 Å². The van der Waals surface area contributed by atoms with Crippen molar-refractivity contribution in [3.63, 3.8) is 0 Å². The summed E-state index contributed by atoms with van der Waals surface area (Å²) in [5, 5.41) is 10.7. The molecule has 0 aliphatic heterocycles. The summed E-state index contributed by atoms with van der Waals surface area (Å²) in [5.41, 5.74) is 4.43. The zero-order valence-electron chi connectivity index (χ0n) is 12.8. The molecule has 0 unspecified atom stereocenters. The fourth-order valence-corrected chi connectivity index (χ4v) is 2.92. The Morgan fingerprint density at radius 2 is 2.17 bits per heavy atom. The van der Waals surface area contributed by atoms with Crippen molar-refractivity contribution >= 4 is 44.2 Å². The number of aromatic nitrogens is 2. The van der Waals surface area contributed by atoms with E-state index in [0.717, 1.165) is 32.2 Å². The number of anilines is 1. The Morgan fingerprint density at radius 1 is 1.35 bits per heavy atom. The first-order valence-corrected chi connectivity index (χ1v) is 7.89. The Hall–Kier alpha value is -2.58. The van der Waals surface area contributed by atoms with E-state index in [9.17, 15) is 5.26 Å². The first kappa shape index (κ1) is 15.3. The smallest absolute Gasteiger partial charge is 0.0999 e. The number of hydrogen-bond donors (Lipinski definition) is 1. The van der Waals surface area contributed by atoms with Crippen LogP contribution in [0.25, 0.3) is 22.6 Å². The van der Waals surface area contributed by atoms with Gasteiger partial charge in [0, 0.05) is 64.9 Å². The number of benzene rings is 1. The molecule has 114 valence electrons. The van der Waals surface area contributed by atoms with E-state index < -0.39 is 0 Å². The molecule has 0 atom stereocenters. The predicted molar refractivity (Wildman–Crippen MR) is 98.0 cm³/mol. The fourth-order valence-electron chi connectivity index (χ4n) is 2.56. The maximum absolute atomic E-state index is 9.64. The van der Waals surface area contributed by atoms with E-state index >= 15 is 0 Å². The molecule has 0 aliphatic carbocycles. The number of nitriles is 1. The van der Waals surface area contributed by atoms with Crippen molar-refractivity contribution in [3.05, 3.63) is 58.5 Å². The monoisotopic (exact) mass is 366 g/mol. The van der Waals surface area contributed by atoms with Gasteiger partial charge in [0.05, 0.1) is 11.6 Å². The summed E-state index contributed by atoms with van der Waals surface area (Å²) in [7, 11) is 3.95. The van der Waals surface area contributed by atoms with Crippen molar-refractivity contribution in [1.82, 2.24) is 9.97 Å². The number of halogens is 1. The Bertz CT molecular complexity index is 932. The van der Waals surface area contributed by atoms with Crippen LogP contribution in [0.4, 0.5) is 5.69 Å². The topological polar surface area (TPSA) is 55.7 Å². The lowest BCUT2D eigenvalue weighted by molar-refractivity contribution is 1.11. The average molecular weight is 367 g/mol. The number of fused-ring (bicyclic) bond motifs is 1. The second-order valence-electron chi connectivity index (χ2n) is 5.39. The number of pyridine rings is 1. The van der Waals surface area contributed by atoms with Crippen molar-refractivity contribution in [2.24, 2.45) is 0 Å². The van der Waals surface area contributed by atoms with Crippen LogP contribution < -0.4 is 4.90 Å². The van der Waals surface area contributed by atoms with Gasteiger partial charge in [0.2, 0.25) is 0 Å². The molecule has 0 spiro atoms. The second kappa shape index (κ2) is 6.27. The predicted octanol–water partition coefficient (Wildman–Crippen LogP) is 4.46. The summed E-state index contributed by atoms with van der Waals surface area (Å²) >= 11 is 3.49. The molecule has 0 aliphatic rings. The second-order valence-corrected chi connectivity index (χ2v) is 6.31. The van der Waals surface area contributed by atoms with Crippen LogP contribution in [0, 0.1) is 11.3 Å². The van der Waals surface area contributed by atoms with E-state index in [2.05, 4.69) is 32.0 Å². The highest BCUT2D eigenvalue weighted by molar-refractivity contribution is 9.10. The van der Waals surface area contributed by atoms with E-state index in [1.807, 2.05) is 55.5 Å². The molecule has 0 fully saturated rings. The van der Waals surface area contributed by atoms with Crippen LogP contribution in [0.2, 0.25) is 0 Å². The highest BCUT2D eigenvalue weighted by Crippen LogP contribution is 2.30. The van der Waals surface area contributed by atoms with Crippen molar-refractivity contribution in [2.45, 2.75) is 0 Å². The molecule has 0 amide bonds. The van der Waals surface area contributed by atoms with Gasteiger partial charge in [0.25, 0.3) is 0 Å². The molecule has 23 heavy (non-hydrogen) atoms. The standard InChI is InChI=1S/C18H15BrN4/c1-23(2)18-5-6-21-10-13(18)7-12(9-20)16-11-22-17-4-3-14(19)8-15(16)17/h3-8,10-11,22H,1-2H3/b12-7+. The summed E-state index contributed by atoms with van der Waals surface area (Å²) < 4.78 is 0.985. The highest BCUT2D eigenvalue weighted by atomic mass is 79.9. The molecule has 2 aromatic heterocycles. The summed E-state index contributed by atoms with van der Waals surface area (Å²) in [5.74, 6) is 0. The number of hydrogen-bond acceptors (Lipinski definition) is 3. The maximum atomic E-state index is 9.64. The Morgan fingerprint density at radius 3 is 2.91 bits per heavy atom. The lowest BCUT2D eigenvalue weighted by Gasteiger charge is -2.15. The summed E-state index contributed by atoms with van der Waals surface area (Å²) in [6.07, 6.45) is 7.28. The average Bonchev–Trinajstić information content (AvgIpc) is 2.95. The van der Waals surface area contributed by atoms with Crippen LogP contribution in [-0.2, 0) is 0 Å². The van der Waals surface area contributed by atoms with Crippen LogP contribution >= 0.6 is 15.9 Å². The lowest BCUT2D eigenvalue weighted by atomic mass is 10.0. The van der Waals surface area contributed by atoms with Crippen molar-refractivity contribution in [2.75, 3.05) is 19.0 Å². The van der Waals surface area contributed by atoms with Gasteiger partial charge in [0.15, 0.2) is 0 Å². The molecule has 3 rings (SSSR count). The van der Waals surface area contributed by atoms with Crippen LogP contribution in [0.15, 0.2) is 47.3 Å². The maximum Gasteiger partial charge on any atom is 0.0999 e. The summed E-state index contributed by atoms with van der Waals surface area (Å²) in [6, 6.07) is 10.2. The van der Waals surface area contributed by atoms with Gasteiger partial charge in [-0.25, -0.2) is 0 Å². The molecule has 2 heterocycles. The Kier molecular flexibility index (Phi) is 4.18. The highest BCUT2D eigenvalue weighted by Gasteiger charge is 2.11. The quantitative estimate of drug-likeness (QED) is 0.696. The van der Waals surface area contributed by atoms with Crippen LogP contribution in [0.5, 0.6) is 0 Å². The molecular formula is C18H15BrN4. The summed E-state index contributed by atoms with van der Waals surface area (Å²) in [6.45, 7) is 0. The molecule has 1 N–H and O–H groups in total. The van der Waals surface area contributed by atoms with Gasteiger partial charge in [0.1, 0.15) is 0 Å². The van der Waals surface area contributed by atoms with Gasteiger partial charge in [-0.15, -0.1) is 0 Å². The van der Waals surface area contributed by atoms with Gasteiger partial charge in [-0.2, -0.15) is 5.26 Å². The molecule has 1 aromatic carbocycles. The SMILES string of the molecule is CN(C)c1ccncc1/C=C(\C#N)c1c[nH]c2ccc(Br)cc12. The largest absolute Gasteiger partial charge is 0.377 e. The van der Waals surface area contributed by atoms with Crippen LogP contribution in [0.1, 0.15) is 11.1 Å². The summed E-state index contributed by atoms with van der Waals surface area (Å²) in [4.78, 5) is 9.40. The molecule has 0 saturated heterocycles. The molecule has 0 saturated carbocycles. The number of nitrogens with zero attached hydrogens (tertiary/aromatic N) is 3. The Balaban J connectivity index is 2.16. The Labute approximate surface area is 143 Å². The van der Waals surface area contributed by atoms with Gasteiger partial charge in [-0.1, -0.05) is 15.9 Å². The normalized spacial score (nSPS) is 11.5. The molecule has 3 aromatic rings. The molecule has 0 radical (unpaired) electrons. The lowest BCUT2D eigenvalue weighted by Crippen LogP contribution is -2.10. The van der Waals surface area contributed by atoms with Crippen molar-refractivity contribution in [1.29, 1.82) is 5.26 Å². The minimum absolute atomic E-state index is 0.602. The number of rotatable bonds is 3. The van der Waals surface area contributed by atoms with E-state index in [1.54, 1.807) is 12.4 Å². The third-order valence-corrected chi connectivity index (χ3v) is 4.16. The van der Waals surface area contributed by atoms with Crippen molar-refractivity contribution in [3.8, 4) is 6.07 Å². The van der Waals surface area contributed by atoms with Crippen LogP contribution in [0.3, 0.4) is 0 Å². The van der Waals surface area contributed by atoms with Gasteiger partial charge in [-0.05, 0) is 30.3 Å². The first-order valence-electron chi connectivity index (χ1n) is 7.10. The zero-order valence-corrected chi connectivity index (χ0v) is 14.4. The van der Waals surface area contributed by atoms with E-state index in [4.69, 9.17) is 0 Å². The van der Waals surface area contributed by atoms with Crippen molar-refractivity contribution < 1.29 is 0 Å². The molecule has 5 heteroatoms. The number of allylic oxidation sites excluding steroid dienone is 1. The fraction of sp³-hybridized carbons (Fsp3) is 0.111. The third kappa shape index (κ3) is 2.99. The minimum Gasteiger partial charge on any atom is -0.377 e. The third-order valence-electron chi connectivity index (χ3n) is 3.66. The minimum atomic E-state index is 0.602. The molecular weight excluding hydrogens is 352 g/mol. The first-order chi connectivity index (χ1) is 11.1. The molecule has 0 bridgehead atoms. The van der Waals surface area contributed by atoms with Gasteiger partial charge in [-0.3, -0.25) is 4.98 Å².